The molecule has 20 aromatic rings. The van der Waals surface area contributed by atoms with Crippen LogP contribution in [0.15, 0.2) is 271 Å². The number of nitrogens with zero attached hydrogens (tertiary/aromatic N) is 8. The third kappa shape index (κ3) is 6.99. The number of nitriles is 4. The number of furan rings is 1. The highest BCUT2D eigenvalue weighted by Crippen LogP contribution is 2.49. The molecule has 0 spiro atoms. The van der Waals surface area contributed by atoms with E-state index in [0.717, 1.165) is 158 Å². The monoisotopic (exact) mass is 1200 g/mol. The first-order chi connectivity index (χ1) is 47.0. The Kier molecular flexibility index (Phi) is 10.6. The van der Waals surface area contributed by atoms with Gasteiger partial charge in [-0.2, -0.15) is 21.0 Å². The molecule has 0 aliphatic carbocycles. The first-order valence-corrected chi connectivity index (χ1v) is 31.6. The Morgan fingerprint density at radius 1 is 0.242 bits per heavy atom. The fourth-order valence-electron chi connectivity index (χ4n) is 16.2. The van der Waals surface area contributed by atoms with Gasteiger partial charge in [-0.25, -0.2) is 0 Å². The summed E-state index contributed by atoms with van der Waals surface area (Å²) in [5, 5.41) is 64.7. The molecule has 5 heterocycles. The fourth-order valence-corrected chi connectivity index (χ4v) is 16.2. The van der Waals surface area contributed by atoms with Crippen LogP contribution in [-0.2, 0) is 0 Å². The van der Waals surface area contributed by atoms with Crippen molar-refractivity contribution in [3.05, 3.63) is 289 Å². The molecule has 9 heteroatoms. The molecule has 15 aromatic carbocycles. The second kappa shape index (κ2) is 19.4. The number of benzene rings is 15. The number of hydrogen-bond donors (Lipinski definition) is 0. The zero-order chi connectivity index (χ0) is 62.9. The molecule has 5 aromatic heterocycles. The Hall–Kier alpha value is -13.7. The number of aromatic nitrogens is 4. The van der Waals surface area contributed by atoms with Crippen LogP contribution >= 0.6 is 0 Å². The number of hydrogen-bond acceptors (Lipinski definition) is 5. The molecule has 0 aliphatic rings. The smallest absolute Gasteiger partial charge is 0.137 e. The van der Waals surface area contributed by atoms with E-state index < -0.39 is 0 Å². The first kappa shape index (κ1) is 52.1. The van der Waals surface area contributed by atoms with E-state index in [4.69, 9.17) is 4.42 Å². The largest absolute Gasteiger partial charge is 0.456 e. The summed E-state index contributed by atoms with van der Waals surface area (Å²) in [6, 6.07) is 102. The predicted molar refractivity (Wildman–Crippen MR) is 385 cm³/mol. The Morgan fingerprint density at radius 3 is 1.27 bits per heavy atom. The second-order valence-corrected chi connectivity index (χ2v) is 24.6. The zero-order valence-electron chi connectivity index (χ0n) is 50.4. The van der Waals surface area contributed by atoms with E-state index in [9.17, 15) is 21.0 Å². The highest BCUT2D eigenvalue weighted by molar-refractivity contribution is 6.33. The molecule has 9 nitrogen and oxygen atoms in total. The first-order valence-electron chi connectivity index (χ1n) is 31.6. The summed E-state index contributed by atoms with van der Waals surface area (Å²) in [4.78, 5) is 0. The van der Waals surface area contributed by atoms with Crippen molar-refractivity contribution >= 4 is 152 Å². The summed E-state index contributed by atoms with van der Waals surface area (Å²) in [6.45, 7) is 0. The molecular weight excluding hydrogens is 1160 g/mol. The number of fused-ring (bicyclic) bond motifs is 25. The van der Waals surface area contributed by atoms with Crippen LogP contribution in [0.5, 0.6) is 0 Å². The third-order valence-electron chi connectivity index (χ3n) is 20.0. The molecule has 95 heavy (non-hydrogen) atoms. The Morgan fingerprint density at radius 2 is 0.663 bits per heavy atom. The van der Waals surface area contributed by atoms with Crippen LogP contribution in [0.3, 0.4) is 0 Å². The van der Waals surface area contributed by atoms with Crippen LogP contribution in [0.1, 0.15) is 22.3 Å². The maximum Gasteiger partial charge on any atom is 0.137 e. The fraction of sp³-hybridized carbons (Fsp3) is 0. The van der Waals surface area contributed by atoms with E-state index >= 15 is 0 Å². The summed E-state index contributed by atoms with van der Waals surface area (Å²) in [6.07, 6.45) is 0. The van der Waals surface area contributed by atoms with Gasteiger partial charge in [0.1, 0.15) is 35.4 Å². The molecule has 0 amide bonds. The topological polar surface area (TPSA) is 128 Å². The van der Waals surface area contributed by atoms with Crippen LogP contribution in [0.2, 0.25) is 0 Å². The van der Waals surface area contributed by atoms with Crippen molar-refractivity contribution < 1.29 is 4.42 Å². The third-order valence-corrected chi connectivity index (χ3v) is 20.0. The summed E-state index contributed by atoms with van der Waals surface area (Å²) in [5.74, 6) is 0. The van der Waals surface area contributed by atoms with Gasteiger partial charge in [0.05, 0.1) is 94.5 Å². The lowest BCUT2D eigenvalue weighted by Gasteiger charge is -2.17. The molecule has 0 aliphatic heterocycles. The zero-order valence-corrected chi connectivity index (χ0v) is 50.4. The van der Waals surface area contributed by atoms with Crippen LogP contribution in [0.4, 0.5) is 0 Å². The van der Waals surface area contributed by atoms with E-state index in [0.29, 0.717) is 50.6 Å². The summed E-state index contributed by atoms with van der Waals surface area (Å²) >= 11 is 0. The van der Waals surface area contributed by atoms with E-state index in [1.807, 2.05) is 78.9 Å². The van der Waals surface area contributed by atoms with Crippen molar-refractivity contribution in [2.24, 2.45) is 0 Å². The Bertz CT molecular complexity index is 7100. The minimum atomic E-state index is 0.398. The van der Waals surface area contributed by atoms with Crippen LogP contribution in [0, 0.1) is 45.3 Å². The summed E-state index contributed by atoms with van der Waals surface area (Å²) < 4.78 is 15.3. The second-order valence-electron chi connectivity index (χ2n) is 24.6. The van der Waals surface area contributed by atoms with Crippen molar-refractivity contribution in [2.75, 3.05) is 0 Å². The minimum absolute atomic E-state index is 0.398. The average molecular weight is 1210 g/mol. The van der Waals surface area contributed by atoms with E-state index in [1.54, 1.807) is 0 Å². The maximum absolute atomic E-state index is 11.6. The molecule has 0 bridgehead atoms. The van der Waals surface area contributed by atoms with Gasteiger partial charge >= 0.3 is 0 Å². The normalized spacial score (nSPS) is 12.0. The van der Waals surface area contributed by atoms with Gasteiger partial charge in [0.15, 0.2) is 0 Å². The number of rotatable bonds is 5. The lowest BCUT2D eigenvalue weighted by atomic mass is 9.95. The van der Waals surface area contributed by atoms with Crippen molar-refractivity contribution in [3.63, 3.8) is 0 Å². The van der Waals surface area contributed by atoms with Gasteiger partial charge in [-0.3, -0.25) is 0 Å². The van der Waals surface area contributed by atoms with Gasteiger partial charge in [-0.05, 0) is 134 Å². The summed E-state index contributed by atoms with van der Waals surface area (Å²) in [5.41, 5.74) is 14.8. The van der Waals surface area contributed by atoms with Gasteiger partial charge in [0, 0.05) is 53.9 Å². The van der Waals surface area contributed by atoms with E-state index in [2.05, 4.69) is 231 Å². The molecule has 20 rings (SSSR count). The molecule has 0 saturated heterocycles. The van der Waals surface area contributed by atoms with E-state index in [-0.39, 0.29) is 0 Å². The average Bonchev–Trinajstić information content (AvgIpc) is 1.58. The van der Waals surface area contributed by atoms with Crippen molar-refractivity contribution in [2.45, 2.75) is 0 Å². The molecular formula is C86H44N8O. The molecule has 0 unspecified atom stereocenters. The van der Waals surface area contributed by atoms with Gasteiger partial charge < -0.3 is 22.7 Å². The van der Waals surface area contributed by atoms with Crippen molar-refractivity contribution in [1.82, 2.24) is 18.3 Å². The predicted octanol–water partition coefficient (Wildman–Crippen LogP) is 21.7. The van der Waals surface area contributed by atoms with Crippen LogP contribution < -0.4 is 0 Å². The lowest BCUT2D eigenvalue weighted by Crippen LogP contribution is -2.04. The lowest BCUT2D eigenvalue weighted by molar-refractivity contribution is 0.669. The van der Waals surface area contributed by atoms with Crippen LogP contribution in [-0.4, -0.2) is 18.3 Å². The van der Waals surface area contributed by atoms with E-state index in [1.165, 1.54) is 0 Å². The highest BCUT2D eigenvalue weighted by atomic mass is 16.3. The van der Waals surface area contributed by atoms with Gasteiger partial charge in [0.2, 0.25) is 0 Å². The number of para-hydroxylation sites is 4. The Labute approximate surface area is 540 Å². The van der Waals surface area contributed by atoms with Gasteiger partial charge in [0.25, 0.3) is 0 Å². The Balaban J connectivity index is 0.810. The SMILES string of the molecule is N#Cc1cc(-n2c3ccccc3c3c4ccccc4c4ccccc4c32)c(C#N)cc1-n1c2ccccc2c2c3cc(-c4cccc5c4c4ccc6oc7ccccc7c6c4n5-c4cc(C#N)c(-n5c6ccccc6c6c7ccccc7ccc65)cc4C#N)ccc3ccc21. The summed E-state index contributed by atoms with van der Waals surface area (Å²) in [7, 11) is 0. The molecule has 434 valence electrons. The highest BCUT2D eigenvalue weighted by Gasteiger charge is 2.28. The van der Waals surface area contributed by atoms with Crippen LogP contribution in [0.25, 0.3) is 186 Å². The maximum atomic E-state index is 11.6. The quantitative estimate of drug-likeness (QED) is 0.159. The minimum Gasteiger partial charge on any atom is -0.456 e. The molecule has 0 saturated carbocycles. The molecule has 0 N–H and O–H groups in total. The molecule has 0 atom stereocenters. The van der Waals surface area contributed by atoms with Gasteiger partial charge in [-0.15, -0.1) is 0 Å². The molecule has 0 radical (unpaired) electrons. The van der Waals surface area contributed by atoms with Gasteiger partial charge in [-0.1, -0.05) is 182 Å². The van der Waals surface area contributed by atoms with Crippen molar-refractivity contribution in [1.29, 1.82) is 21.0 Å². The standard InChI is InChI=1S/C86H44N8O/c87-45-52-43-76(93-70-29-13-9-24-64(70)83-60-20-5-3-18-58(60)59-19-4-6-21-61(59)85(83)93)54(47-89)41-75(52)92-69-28-12-8-23-63(69)82-67-40-51(33-32-50(67)35-38-73(82)92)57-26-15-30-71-81(57)66-36-39-79-84(65-25-10-14-31-78(65)95-79)86(66)94(71)77-44-53(46-88)74(42-55(77)48-90)91-68-27-11-7-22-62(68)80-56-17-2-1-16-49(56)34-37-72(80)91/h1-44H. The molecule has 0 fully saturated rings. The van der Waals surface area contributed by atoms with Crippen molar-refractivity contribution in [3.8, 4) is 58.2 Å².